The number of phosphoric ester groups is 1. The maximum Gasteiger partial charge on any atom is 0.475 e. The number of carboxylic acid groups (broad SMARTS) is 1. The van der Waals surface area contributed by atoms with E-state index in [9.17, 15) is 74.3 Å². The lowest BCUT2D eigenvalue weighted by Crippen LogP contribution is -2.68. The van der Waals surface area contributed by atoms with Gasteiger partial charge in [-0.25, -0.2) is 23.5 Å². The Bertz CT molecular complexity index is 2150. The summed E-state index contributed by atoms with van der Waals surface area (Å²) in [5, 5.41) is 86.9. The number of nitrogens with zero attached hydrogens (tertiary/aromatic N) is 2. The van der Waals surface area contributed by atoms with Crippen molar-refractivity contribution in [2.24, 2.45) is 0 Å². The fourth-order valence-corrected chi connectivity index (χ4v) is 7.05. The van der Waals surface area contributed by atoms with Gasteiger partial charge in [0, 0.05) is 30.1 Å². The summed E-state index contributed by atoms with van der Waals surface area (Å²) in [6.07, 6.45) is -16.3. The molecule has 2 fully saturated rings. The topological polar surface area (TPSA) is 402 Å². The quantitative estimate of drug-likeness (QED) is 0.0503. The number of carbonyl (C=O) groups excluding carboxylic acids is 2. The van der Waals surface area contributed by atoms with Crippen LogP contribution in [0.4, 0.5) is 5.82 Å². The number of phenols is 1. The van der Waals surface area contributed by atoms with Gasteiger partial charge in [-0.2, -0.15) is 4.98 Å². The van der Waals surface area contributed by atoms with Gasteiger partial charge in [-0.1, -0.05) is 0 Å². The van der Waals surface area contributed by atoms with Crippen molar-refractivity contribution in [3.8, 4) is 5.75 Å². The van der Waals surface area contributed by atoms with E-state index in [-0.39, 0.29) is 22.7 Å². The number of hydrogen-bond acceptors (Lipinski definition) is 20. The fourth-order valence-electron chi connectivity index (χ4n) is 6.10. The van der Waals surface area contributed by atoms with Crippen molar-refractivity contribution < 1.29 is 87.6 Å². The number of rotatable bonds is 15. The van der Waals surface area contributed by atoms with Gasteiger partial charge >= 0.3 is 25.1 Å². The molecule has 5 rings (SSSR count). The molecule has 0 bridgehead atoms. The normalized spacial score (nSPS) is 28.3. The van der Waals surface area contributed by atoms with Gasteiger partial charge in [-0.3, -0.25) is 18.7 Å². The van der Waals surface area contributed by atoms with E-state index in [1.165, 1.54) is 18.2 Å². The minimum absolute atomic E-state index is 0.0171. The molecule has 4 heterocycles. The van der Waals surface area contributed by atoms with Crippen molar-refractivity contribution in [1.82, 2.24) is 20.2 Å². The van der Waals surface area contributed by atoms with E-state index in [0.717, 1.165) is 22.9 Å². The highest BCUT2D eigenvalue weighted by Crippen LogP contribution is 2.51. The molecule has 11 atom stereocenters. The summed E-state index contributed by atoms with van der Waals surface area (Å²) in [6.45, 7) is -3.07. The second-order valence-corrected chi connectivity index (χ2v) is 14.3. The maximum absolute atomic E-state index is 13.1. The molecule has 26 heteroatoms. The van der Waals surface area contributed by atoms with Gasteiger partial charge in [0.05, 0.1) is 38.3 Å². The molecule has 312 valence electrons. The predicted octanol–water partition coefficient (Wildman–Crippen LogP) is -5.12. The molecule has 6 unspecified atom stereocenters. The van der Waals surface area contributed by atoms with Crippen LogP contribution in [0.15, 0.2) is 50.5 Å². The number of fused-ring (bicyclic) bond motifs is 1. The lowest BCUT2D eigenvalue weighted by Gasteiger charge is -2.46. The van der Waals surface area contributed by atoms with Gasteiger partial charge in [-0.05, 0) is 23.8 Å². The summed E-state index contributed by atoms with van der Waals surface area (Å²) >= 11 is 0. The van der Waals surface area contributed by atoms with Crippen LogP contribution in [0.25, 0.3) is 11.0 Å². The Hall–Kier alpha value is -4.89. The number of anilines is 1. The standard InChI is InChI=1S/C31H38N5O20P/c32-19-3-4-36(30(49)34-19)28-26(46)25(45)18(54-28)11-52-57(50,51)56-31(29(47)48)8-15(39)23(27(55-31)24(44)16(40)10-37)35-21(42)9-33-20(41)5-12-6-22(43)53-17-7-13(38)1-2-14(12)17/h1-4,6-7,15-16,18,23-28,37-40,44-46H,5,8-11H2,(H,33,41)(H,35,42)(H,47,48)(H,50,51)(H2,32,34,49)/t15?,16-,18-,23?,24-,25+,26?,27?,28-,31?/m1/s1. The Morgan fingerprint density at radius 2 is 1.82 bits per heavy atom. The SMILES string of the molecule is Nc1ccn([C@@H]2O[C@H](COP(=O)(O)OC3(C(=O)O)CC(O)C(NC(=O)CNC(=O)Cc4cc(=O)oc5cc(O)ccc45)C([C@H](O)[C@H](O)CO)O3)[C@H](O)C2O)c(=O)n1. The second kappa shape index (κ2) is 17.3. The number of phenolic OH excluding ortho intramolecular Hbond substituents is 1. The molecule has 0 aliphatic carbocycles. The van der Waals surface area contributed by atoms with Crippen molar-refractivity contribution >= 4 is 42.4 Å². The number of carbonyl (C=O) groups is 3. The number of benzene rings is 1. The average Bonchev–Trinajstić information content (AvgIpc) is 3.41. The van der Waals surface area contributed by atoms with Crippen LogP contribution in [0.5, 0.6) is 5.75 Å². The number of hydrogen-bond donors (Lipinski definition) is 12. The molecule has 2 amide bonds. The van der Waals surface area contributed by atoms with Crippen molar-refractivity contribution in [2.75, 3.05) is 25.5 Å². The third-order valence-electron chi connectivity index (χ3n) is 8.88. The summed E-state index contributed by atoms with van der Waals surface area (Å²) in [5.74, 6) is -7.82. The van der Waals surface area contributed by atoms with Crippen LogP contribution in [0.1, 0.15) is 18.2 Å². The third-order valence-corrected chi connectivity index (χ3v) is 9.88. The lowest BCUT2D eigenvalue weighted by molar-refractivity contribution is -0.289. The van der Waals surface area contributed by atoms with Crippen molar-refractivity contribution in [1.29, 1.82) is 0 Å². The van der Waals surface area contributed by atoms with Gasteiger partial charge in [-0.15, -0.1) is 0 Å². The van der Waals surface area contributed by atoms with Gasteiger partial charge in [0.15, 0.2) is 6.23 Å². The minimum Gasteiger partial charge on any atom is -0.508 e. The molecule has 0 radical (unpaired) electrons. The Balaban J connectivity index is 1.26. The monoisotopic (exact) mass is 831 g/mol. The molecule has 1 aromatic carbocycles. The molecule has 2 saturated heterocycles. The highest BCUT2D eigenvalue weighted by atomic mass is 31.2. The zero-order valence-corrected chi connectivity index (χ0v) is 30.0. The largest absolute Gasteiger partial charge is 0.508 e. The molecule has 0 spiro atoms. The Labute approximate surface area is 318 Å². The van der Waals surface area contributed by atoms with E-state index in [4.69, 9.17) is 28.7 Å². The number of phosphoric acid groups is 1. The molecular weight excluding hydrogens is 793 g/mol. The summed E-state index contributed by atoms with van der Waals surface area (Å²) in [6, 6.07) is 4.19. The highest BCUT2D eigenvalue weighted by molar-refractivity contribution is 7.47. The predicted molar refractivity (Wildman–Crippen MR) is 183 cm³/mol. The van der Waals surface area contributed by atoms with E-state index in [1.807, 2.05) is 0 Å². The first kappa shape index (κ1) is 43.2. The van der Waals surface area contributed by atoms with Crippen LogP contribution in [-0.2, 0) is 43.9 Å². The number of amides is 2. The molecule has 3 aromatic rings. The van der Waals surface area contributed by atoms with Crippen LogP contribution in [0.3, 0.4) is 0 Å². The van der Waals surface area contributed by atoms with Gasteiger partial charge < -0.3 is 76.0 Å². The summed E-state index contributed by atoms with van der Waals surface area (Å²) in [4.78, 5) is 76.4. The van der Waals surface area contributed by atoms with Crippen LogP contribution >= 0.6 is 7.82 Å². The number of aliphatic hydroxyl groups excluding tert-OH is 6. The smallest absolute Gasteiger partial charge is 0.475 e. The average molecular weight is 832 g/mol. The summed E-state index contributed by atoms with van der Waals surface area (Å²) in [5.41, 5.74) is 3.78. The van der Waals surface area contributed by atoms with E-state index < -0.39 is 130 Å². The van der Waals surface area contributed by atoms with E-state index in [0.29, 0.717) is 5.39 Å². The first-order chi connectivity index (χ1) is 26.7. The first-order valence-electron chi connectivity index (χ1n) is 16.7. The number of aromatic nitrogens is 2. The van der Waals surface area contributed by atoms with Crippen LogP contribution in [0.2, 0.25) is 0 Å². The number of nitrogens with one attached hydrogen (secondary N) is 2. The number of ether oxygens (including phenoxy) is 2. The van der Waals surface area contributed by atoms with Crippen molar-refractivity contribution in [3.63, 3.8) is 0 Å². The van der Waals surface area contributed by atoms with E-state index in [1.54, 1.807) is 0 Å². The second-order valence-electron chi connectivity index (χ2n) is 12.9. The fraction of sp³-hybridized carbons (Fsp3) is 0.484. The Morgan fingerprint density at radius 1 is 1.11 bits per heavy atom. The van der Waals surface area contributed by atoms with Crippen LogP contribution in [-0.4, -0.2) is 147 Å². The molecule has 2 aliphatic heterocycles. The van der Waals surface area contributed by atoms with Crippen molar-refractivity contribution in [2.45, 2.75) is 73.6 Å². The number of aliphatic hydroxyl groups is 6. The van der Waals surface area contributed by atoms with Crippen molar-refractivity contribution in [3.05, 3.63) is 63.0 Å². The molecule has 13 N–H and O–H groups in total. The highest BCUT2D eigenvalue weighted by Gasteiger charge is 2.59. The zero-order valence-electron chi connectivity index (χ0n) is 29.1. The molecule has 2 aliphatic rings. The lowest BCUT2D eigenvalue weighted by atomic mass is 9.88. The first-order valence-corrected chi connectivity index (χ1v) is 18.2. The summed E-state index contributed by atoms with van der Waals surface area (Å²) in [7, 11) is -5.67. The number of nitrogen functional groups attached to an aromatic ring is 1. The maximum atomic E-state index is 13.1. The van der Waals surface area contributed by atoms with E-state index >= 15 is 0 Å². The van der Waals surface area contributed by atoms with Gasteiger partial charge in [0.1, 0.15) is 53.8 Å². The molecule has 57 heavy (non-hydrogen) atoms. The Kier molecular flexibility index (Phi) is 13.1. The molecular formula is C31H38N5O20P. The number of nitrogens with two attached hydrogens (primary N) is 1. The van der Waals surface area contributed by atoms with Crippen LogP contribution < -0.4 is 27.7 Å². The molecule has 0 saturated carbocycles. The number of aromatic hydroxyl groups is 1. The molecule has 2 aromatic heterocycles. The summed E-state index contributed by atoms with van der Waals surface area (Å²) < 4.78 is 39.3. The number of aliphatic carboxylic acids is 1. The van der Waals surface area contributed by atoms with Crippen LogP contribution in [0, 0.1) is 0 Å². The van der Waals surface area contributed by atoms with E-state index in [2.05, 4.69) is 15.6 Å². The Morgan fingerprint density at radius 3 is 2.49 bits per heavy atom. The van der Waals surface area contributed by atoms with Gasteiger partial charge in [0.25, 0.3) is 5.79 Å². The number of carboxylic acids is 1. The van der Waals surface area contributed by atoms with Gasteiger partial charge in [0.2, 0.25) is 11.8 Å². The zero-order chi connectivity index (χ0) is 42.0. The molecule has 25 nitrogen and oxygen atoms in total. The minimum atomic E-state index is -5.67. The third kappa shape index (κ3) is 9.81.